The maximum atomic E-state index is 6.38. The maximum Gasteiger partial charge on any atom is 0.0466 e. The fourth-order valence-corrected chi connectivity index (χ4v) is 5.75. The first-order valence-corrected chi connectivity index (χ1v) is 9.40. The van der Waals surface area contributed by atoms with Crippen LogP contribution in [0.25, 0.3) is 0 Å². The molecule has 1 aliphatic heterocycles. The van der Waals surface area contributed by atoms with Crippen molar-refractivity contribution in [1.29, 1.82) is 0 Å². The smallest absolute Gasteiger partial charge is 0.0466 e. The van der Waals surface area contributed by atoms with Gasteiger partial charge in [0.2, 0.25) is 0 Å². The Morgan fingerprint density at radius 1 is 1.32 bits per heavy atom. The van der Waals surface area contributed by atoms with E-state index < -0.39 is 0 Å². The lowest BCUT2D eigenvalue weighted by Gasteiger charge is -2.35. The van der Waals surface area contributed by atoms with Gasteiger partial charge in [-0.05, 0) is 30.3 Å². The fourth-order valence-electron chi connectivity index (χ4n) is 2.39. The monoisotopic (exact) mass is 335 g/mol. The Labute approximate surface area is 134 Å². The molecule has 1 saturated heterocycles. The van der Waals surface area contributed by atoms with Crippen LogP contribution in [0.5, 0.6) is 0 Å². The van der Waals surface area contributed by atoms with Gasteiger partial charge < -0.3 is 5.32 Å². The van der Waals surface area contributed by atoms with Crippen molar-refractivity contribution in [3.05, 3.63) is 33.8 Å². The van der Waals surface area contributed by atoms with E-state index in [1.54, 1.807) is 0 Å². The summed E-state index contributed by atoms with van der Waals surface area (Å²) < 4.78 is 0. The summed E-state index contributed by atoms with van der Waals surface area (Å²) in [6.45, 7) is 5.38. The second-order valence-corrected chi connectivity index (χ2v) is 8.23. The molecule has 1 N–H and O–H groups in total. The van der Waals surface area contributed by atoms with Crippen LogP contribution < -0.4 is 5.32 Å². The van der Waals surface area contributed by atoms with Gasteiger partial charge in [0.1, 0.15) is 0 Å². The molecule has 1 nitrogen and oxygen atoms in total. The van der Waals surface area contributed by atoms with Crippen LogP contribution in [0.1, 0.15) is 25.5 Å². The first-order chi connectivity index (χ1) is 9.13. The van der Waals surface area contributed by atoms with Crippen LogP contribution in [0.15, 0.2) is 18.2 Å². The zero-order valence-electron chi connectivity index (χ0n) is 11.2. The van der Waals surface area contributed by atoms with Gasteiger partial charge in [0.15, 0.2) is 0 Å². The number of hydrogen-bond acceptors (Lipinski definition) is 3. The predicted octanol–water partition coefficient (Wildman–Crippen LogP) is 4.88. The lowest BCUT2D eigenvalue weighted by atomic mass is 10.0. The normalized spacial score (nSPS) is 25.3. The summed E-state index contributed by atoms with van der Waals surface area (Å²) >= 11 is 16.6. The molecule has 2 rings (SSSR count). The molecule has 1 aliphatic rings. The zero-order chi connectivity index (χ0) is 13.8. The van der Waals surface area contributed by atoms with E-state index in [-0.39, 0.29) is 6.04 Å². The molecule has 1 heterocycles. The molecule has 19 heavy (non-hydrogen) atoms. The Morgan fingerprint density at radius 2 is 2.05 bits per heavy atom. The summed E-state index contributed by atoms with van der Waals surface area (Å²) in [7, 11) is 0. The molecule has 0 radical (unpaired) electrons. The summed E-state index contributed by atoms with van der Waals surface area (Å²) in [5.74, 6) is 2.45. The van der Waals surface area contributed by atoms with Crippen molar-refractivity contribution >= 4 is 46.7 Å². The summed E-state index contributed by atoms with van der Waals surface area (Å²) in [6.07, 6.45) is 0. The summed E-state index contributed by atoms with van der Waals surface area (Å²) in [5, 5.41) is 6.31. The van der Waals surface area contributed by atoms with Crippen LogP contribution in [0.2, 0.25) is 10.0 Å². The molecule has 1 aromatic carbocycles. The van der Waals surface area contributed by atoms with Gasteiger partial charge in [0.25, 0.3) is 0 Å². The average Bonchev–Trinajstić information content (AvgIpc) is 2.40. The fraction of sp³-hybridized carbons (Fsp3) is 0.571. The molecule has 0 bridgehead atoms. The Kier molecular flexibility index (Phi) is 6.22. The van der Waals surface area contributed by atoms with Crippen LogP contribution in [-0.4, -0.2) is 28.6 Å². The molecule has 1 aromatic rings. The minimum Gasteiger partial charge on any atom is -0.309 e. The number of nitrogens with one attached hydrogen (secondary N) is 1. The summed E-state index contributed by atoms with van der Waals surface area (Å²) in [6, 6.07) is 6.02. The number of benzene rings is 1. The van der Waals surface area contributed by atoms with E-state index in [0.717, 1.165) is 22.2 Å². The first kappa shape index (κ1) is 15.8. The maximum absolute atomic E-state index is 6.38. The lowest BCUT2D eigenvalue weighted by Crippen LogP contribution is -2.37. The SMILES string of the molecule is CCNC(c1cc(Cl)ccc1Cl)C1SCCSC1C. The highest BCUT2D eigenvalue weighted by Crippen LogP contribution is 2.40. The Balaban J connectivity index is 2.30. The molecule has 0 amide bonds. The third-order valence-corrected chi connectivity index (χ3v) is 7.06. The highest BCUT2D eigenvalue weighted by atomic mass is 35.5. The largest absolute Gasteiger partial charge is 0.309 e. The lowest BCUT2D eigenvalue weighted by molar-refractivity contribution is 0.526. The van der Waals surface area contributed by atoms with E-state index in [0.29, 0.717) is 10.5 Å². The van der Waals surface area contributed by atoms with Crippen molar-refractivity contribution in [1.82, 2.24) is 5.32 Å². The first-order valence-electron chi connectivity index (χ1n) is 6.55. The van der Waals surface area contributed by atoms with Crippen LogP contribution >= 0.6 is 46.7 Å². The second-order valence-electron chi connectivity index (χ2n) is 4.61. The van der Waals surface area contributed by atoms with Crippen LogP contribution in [0, 0.1) is 0 Å². The Bertz CT molecular complexity index is 428. The molecule has 0 saturated carbocycles. The van der Waals surface area contributed by atoms with Crippen LogP contribution in [0.3, 0.4) is 0 Å². The van der Waals surface area contributed by atoms with Gasteiger partial charge in [-0.25, -0.2) is 0 Å². The number of thioether (sulfide) groups is 2. The third kappa shape index (κ3) is 3.98. The van der Waals surface area contributed by atoms with Crippen LogP contribution in [-0.2, 0) is 0 Å². The van der Waals surface area contributed by atoms with Gasteiger partial charge in [-0.2, -0.15) is 23.5 Å². The Morgan fingerprint density at radius 3 is 2.74 bits per heavy atom. The van der Waals surface area contributed by atoms with E-state index in [4.69, 9.17) is 23.2 Å². The predicted molar refractivity (Wildman–Crippen MR) is 91.0 cm³/mol. The van der Waals surface area contributed by atoms with E-state index in [1.807, 2.05) is 41.7 Å². The van der Waals surface area contributed by atoms with Crippen molar-refractivity contribution in [3.63, 3.8) is 0 Å². The molecule has 106 valence electrons. The zero-order valence-corrected chi connectivity index (χ0v) is 14.3. The van der Waals surface area contributed by atoms with Gasteiger partial charge in [0.05, 0.1) is 0 Å². The van der Waals surface area contributed by atoms with Crippen LogP contribution in [0.4, 0.5) is 0 Å². The molecular formula is C14H19Cl2NS2. The minimum atomic E-state index is 0.268. The van der Waals surface area contributed by atoms with Crippen molar-refractivity contribution in [3.8, 4) is 0 Å². The number of hydrogen-bond donors (Lipinski definition) is 1. The van der Waals surface area contributed by atoms with Crippen molar-refractivity contribution in [2.75, 3.05) is 18.1 Å². The molecule has 5 heteroatoms. The molecular weight excluding hydrogens is 317 g/mol. The second kappa shape index (κ2) is 7.46. The van der Waals surface area contributed by atoms with E-state index in [1.165, 1.54) is 11.5 Å². The number of halogens is 2. The van der Waals surface area contributed by atoms with Gasteiger partial charge in [0, 0.05) is 38.1 Å². The third-order valence-electron chi connectivity index (χ3n) is 3.28. The van der Waals surface area contributed by atoms with Gasteiger partial charge >= 0.3 is 0 Å². The van der Waals surface area contributed by atoms with Gasteiger partial charge in [-0.3, -0.25) is 0 Å². The molecule has 1 fully saturated rings. The van der Waals surface area contributed by atoms with Crippen molar-refractivity contribution < 1.29 is 0 Å². The topological polar surface area (TPSA) is 12.0 Å². The van der Waals surface area contributed by atoms with Crippen molar-refractivity contribution in [2.45, 2.75) is 30.4 Å². The van der Waals surface area contributed by atoms with Gasteiger partial charge in [-0.15, -0.1) is 0 Å². The summed E-state index contributed by atoms with van der Waals surface area (Å²) in [5.41, 5.74) is 1.13. The van der Waals surface area contributed by atoms with Crippen molar-refractivity contribution in [2.24, 2.45) is 0 Å². The van der Waals surface area contributed by atoms with Gasteiger partial charge in [-0.1, -0.05) is 37.0 Å². The molecule has 0 aliphatic carbocycles. The van der Waals surface area contributed by atoms with E-state index >= 15 is 0 Å². The molecule has 3 atom stereocenters. The highest BCUT2D eigenvalue weighted by Gasteiger charge is 2.32. The molecule has 0 spiro atoms. The average molecular weight is 336 g/mol. The van der Waals surface area contributed by atoms with E-state index in [2.05, 4.69) is 19.2 Å². The quantitative estimate of drug-likeness (QED) is 0.841. The number of rotatable bonds is 4. The minimum absolute atomic E-state index is 0.268. The Hall–Kier alpha value is 0.460. The highest BCUT2D eigenvalue weighted by molar-refractivity contribution is 8.07. The molecule has 0 aromatic heterocycles. The molecule has 3 unspecified atom stereocenters. The standard InChI is InChI=1S/C14H19Cl2NS2/c1-3-17-13(14-9(2)18-6-7-19-14)11-8-10(15)4-5-12(11)16/h4-5,8-9,13-14,17H,3,6-7H2,1-2H3. The summed E-state index contributed by atoms with van der Waals surface area (Å²) in [4.78, 5) is 0. The van der Waals surface area contributed by atoms with E-state index in [9.17, 15) is 0 Å².